The second-order valence-corrected chi connectivity index (χ2v) is 9.62. The molecule has 1 aliphatic carbocycles. The smallest absolute Gasteiger partial charge is 0.273 e. The van der Waals surface area contributed by atoms with Gasteiger partial charge in [0.1, 0.15) is 17.5 Å². The number of hydrogen-bond donors (Lipinski definition) is 2. The molecule has 1 aromatic heterocycles. The number of halogens is 3. The van der Waals surface area contributed by atoms with Crippen LogP contribution in [0.1, 0.15) is 80.3 Å². The van der Waals surface area contributed by atoms with Crippen LogP contribution in [0.2, 0.25) is 0 Å². The molecule has 11 heteroatoms. The summed E-state index contributed by atoms with van der Waals surface area (Å²) in [6.45, 7) is 6.50. The van der Waals surface area contributed by atoms with Crippen molar-refractivity contribution in [3.8, 4) is 0 Å². The normalized spacial score (nSPS) is 19.1. The topological polar surface area (TPSA) is 94.6 Å². The van der Waals surface area contributed by atoms with Crippen molar-refractivity contribution in [2.75, 3.05) is 25.6 Å². The fourth-order valence-electron chi connectivity index (χ4n) is 4.19. The fraction of sp³-hybridized carbons (Fsp3) is 0.560. The standard InChI is InChI=1S/C25H31F3N4O4/c1-13(15-7-6-8-16(18(15)26)25(4,27)28)29-21-17(23-35-11-12-36-23)19(30-14(2)31-21)20(34-5)22(33)32-24(3)9-10-24/h6-8,13,20,23H,9-12H2,1-5H3,(H,32,33)(H,29,30,31)/t13-,20?/m1/s1. The first-order chi connectivity index (χ1) is 16.9. The van der Waals surface area contributed by atoms with Crippen molar-refractivity contribution in [2.45, 2.75) is 70.4 Å². The highest BCUT2D eigenvalue weighted by molar-refractivity contribution is 5.83. The van der Waals surface area contributed by atoms with E-state index in [1.807, 2.05) is 6.92 Å². The Morgan fingerprint density at radius 1 is 1.25 bits per heavy atom. The summed E-state index contributed by atoms with van der Waals surface area (Å²) in [5.74, 6) is -4.15. The summed E-state index contributed by atoms with van der Waals surface area (Å²) in [6.07, 6.45) is -0.244. The van der Waals surface area contributed by atoms with Crippen LogP contribution in [0.3, 0.4) is 0 Å². The number of nitrogens with one attached hydrogen (secondary N) is 2. The highest BCUT2D eigenvalue weighted by atomic mass is 19.3. The lowest BCUT2D eigenvalue weighted by molar-refractivity contribution is -0.132. The molecule has 1 unspecified atom stereocenters. The minimum Gasteiger partial charge on any atom is -0.365 e. The number of ether oxygens (including phenoxy) is 3. The summed E-state index contributed by atoms with van der Waals surface area (Å²) in [5, 5.41) is 6.08. The SMILES string of the molecule is COC(C(=O)NC1(C)CC1)c1nc(C)nc(N[C@H](C)c2cccc(C(C)(F)F)c2F)c1C1OCCO1. The van der Waals surface area contributed by atoms with E-state index < -0.39 is 35.7 Å². The number of carbonyl (C=O) groups is 1. The first kappa shape index (κ1) is 26.3. The van der Waals surface area contributed by atoms with Crippen molar-refractivity contribution >= 4 is 11.7 Å². The zero-order valence-electron chi connectivity index (χ0n) is 21.0. The van der Waals surface area contributed by atoms with Gasteiger partial charge in [-0.25, -0.2) is 23.1 Å². The molecule has 1 saturated carbocycles. The van der Waals surface area contributed by atoms with Crippen molar-refractivity contribution < 1.29 is 32.2 Å². The van der Waals surface area contributed by atoms with Gasteiger partial charge in [0.2, 0.25) is 0 Å². The van der Waals surface area contributed by atoms with Gasteiger partial charge in [-0.05, 0) is 33.6 Å². The minimum atomic E-state index is -3.34. The van der Waals surface area contributed by atoms with Crippen molar-refractivity contribution in [3.63, 3.8) is 0 Å². The number of methoxy groups -OCH3 is 1. The number of hydrogen-bond acceptors (Lipinski definition) is 7. The largest absolute Gasteiger partial charge is 0.365 e. The highest BCUT2D eigenvalue weighted by Crippen LogP contribution is 2.39. The Balaban J connectivity index is 1.74. The van der Waals surface area contributed by atoms with Crippen LogP contribution < -0.4 is 10.6 Å². The van der Waals surface area contributed by atoms with Gasteiger partial charge in [0, 0.05) is 25.1 Å². The van der Waals surface area contributed by atoms with E-state index in [0.29, 0.717) is 31.5 Å². The van der Waals surface area contributed by atoms with Gasteiger partial charge in [-0.3, -0.25) is 4.79 Å². The molecule has 0 radical (unpaired) electrons. The maximum atomic E-state index is 15.1. The summed E-state index contributed by atoms with van der Waals surface area (Å²) in [4.78, 5) is 22.1. The van der Waals surface area contributed by atoms with Gasteiger partial charge < -0.3 is 24.8 Å². The summed E-state index contributed by atoms with van der Waals surface area (Å²) >= 11 is 0. The molecular weight excluding hydrogens is 477 g/mol. The summed E-state index contributed by atoms with van der Waals surface area (Å²) < 4.78 is 59.9. The second kappa shape index (κ2) is 9.95. The van der Waals surface area contributed by atoms with E-state index in [-0.39, 0.29) is 28.5 Å². The zero-order valence-corrected chi connectivity index (χ0v) is 21.0. The van der Waals surface area contributed by atoms with Crippen LogP contribution >= 0.6 is 0 Å². The quantitative estimate of drug-likeness (QED) is 0.511. The third-order valence-electron chi connectivity index (χ3n) is 6.41. The average Bonchev–Trinajstić information content (AvgIpc) is 3.27. The van der Waals surface area contributed by atoms with E-state index in [0.717, 1.165) is 18.9 Å². The number of alkyl halides is 2. The molecule has 2 aromatic rings. The Morgan fingerprint density at radius 3 is 2.50 bits per heavy atom. The predicted molar refractivity (Wildman–Crippen MR) is 125 cm³/mol. The Labute approximate surface area is 207 Å². The number of nitrogens with zero attached hydrogens (tertiary/aromatic N) is 2. The molecule has 36 heavy (non-hydrogen) atoms. The summed E-state index contributed by atoms with van der Waals surface area (Å²) in [7, 11) is 1.40. The minimum absolute atomic E-state index is 0.0359. The molecule has 4 rings (SSSR count). The number of rotatable bonds is 9. The van der Waals surface area contributed by atoms with Gasteiger partial charge in [-0.15, -0.1) is 0 Å². The molecule has 1 aromatic carbocycles. The van der Waals surface area contributed by atoms with Crippen LogP contribution in [-0.4, -0.2) is 41.7 Å². The summed E-state index contributed by atoms with van der Waals surface area (Å²) in [6, 6.07) is 3.11. The van der Waals surface area contributed by atoms with Crippen LogP contribution in [0.5, 0.6) is 0 Å². The molecule has 1 saturated heterocycles. The van der Waals surface area contributed by atoms with Gasteiger partial charge in [0.05, 0.1) is 36.1 Å². The van der Waals surface area contributed by atoms with Gasteiger partial charge >= 0.3 is 0 Å². The molecule has 2 heterocycles. The van der Waals surface area contributed by atoms with E-state index >= 15 is 4.39 Å². The van der Waals surface area contributed by atoms with Crippen LogP contribution in [0.15, 0.2) is 18.2 Å². The zero-order chi connectivity index (χ0) is 26.3. The van der Waals surface area contributed by atoms with Gasteiger partial charge in [0.15, 0.2) is 12.4 Å². The molecule has 8 nitrogen and oxygen atoms in total. The Bertz CT molecular complexity index is 1130. The molecule has 2 atom stereocenters. The van der Waals surface area contributed by atoms with E-state index in [1.165, 1.54) is 19.2 Å². The number of amides is 1. The van der Waals surface area contributed by atoms with E-state index in [2.05, 4.69) is 20.6 Å². The fourth-order valence-corrected chi connectivity index (χ4v) is 4.19. The molecule has 196 valence electrons. The van der Waals surface area contributed by atoms with Crippen molar-refractivity contribution in [1.82, 2.24) is 15.3 Å². The lowest BCUT2D eigenvalue weighted by Gasteiger charge is -2.26. The maximum Gasteiger partial charge on any atom is 0.273 e. The third-order valence-corrected chi connectivity index (χ3v) is 6.41. The van der Waals surface area contributed by atoms with Crippen molar-refractivity contribution in [2.24, 2.45) is 0 Å². The van der Waals surface area contributed by atoms with Gasteiger partial charge in [-0.2, -0.15) is 0 Å². The third kappa shape index (κ3) is 5.47. The highest BCUT2D eigenvalue weighted by Gasteiger charge is 2.42. The lowest BCUT2D eigenvalue weighted by Crippen LogP contribution is -2.39. The molecule has 2 N–H and O–H groups in total. The van der Waals surface area contributed by atoms with Crippen molar-refractivity contribution in [3.05, 3.63) is 52.2 Å². The first-order valence-electron chi connectivity index (χ1n) is 11.8. The number of carbonyl (C=O) groups excluding carboxylic acids is 1. The van der Waals surface area contributed by atoms with Crippen molar-refractivity contribution in [1.29, 1.82) is 0 Å². The number of aromatic nitrogens is 2. The molecule has 1 amide bonds. The average molecular weight is 509 g/mol. The van der Waals surface area contributed by atoms with Gasteiger partial charge in [-0.1, -0.05) is 18.2 Å². The summed E-state index contributed by atoms with van der Waals surface area (Å²) in [5.41, 5.74) is -0.349. The monoisotopic (exact) mass is 508 g/mol. The Hall–Kier alpha value is -2.76. The van der Waals surface area contributed by atoms with Crippen LogP contribution in [0.25, 0.3) is 0 Å². The van der Waals surface area contributed by atoms with E-state index in [9.17, 15) is 13.6 Å². The van der Waals surface area contributed by atoms with Crippen LogP contribution in [0, 0.1) is 12.7 Å². The first-order valence-corrected chi connectivity index (χ1v) is 11.8. The second-order valence-electron chi connectivity index (χ2n) is 9.62. The van der Waals surface area contributed by atoms with E-state index in [1.54, 1.807) is 13.8 Å². The maximum absolute atomic E-state index is 15.1. The molecule has 0 bridgehead atoms. The lowest BCUT2D eigenvalue weighted by atomic mass is 10.00. The number of benzene rings is 1. The molecule has 1 aliphatic heterocycles. The predicted octanol–water partition coefficient (Wildman–Crippen LogP) is 4.61. The molecule has 2 aliphatic rings. The van der Waals surface area contributed by atoms with Crippen LogP contribution in [-0.2, 0) is 24.9 Å². The van der Waals surface area contributed by atoms with Crippen LogP contribution in [0.4, 0.5) is 19.0 Å². The molecule has 2 fully saturated rings. The Kier molecular flexibility index (Phi) is 7.27. The Morgan fingerprint density at radius 2 is 1.92 bits per heavy atom. The molecule has 0 spiro atoms. The van der Waals surface area contributed by atoms with E-state index in [4.69, 9.17) is 14.2 Å². The van der Waals surface area contributed by atoms with Gasteiger partial charge in [0.25, 0.3) is 11.8 Å². The number of anilines is 1. The molecular formula is C25H31F3N4O4. The number of aryl methyl sites for hydroxylation is 1.